The molecule has 0 aliphatic carbocycles. The first-order valence-electron chi connectivity index (χ1n) is 24.6. The number of β-amino-alcohol motifs (C(OH)–C–C–N with tert-alkyl or cyclic N) is 1. The van der Waals surface area contributed by atoms with Gasteiger partial charge in [0.15, 0.2) is 5.82 Å². The van der Waals surface area contributed by atoms with Crippen molar-refractivity contribution in [1.29, 1.82) is 0 Å². The number of hydrogen-bond acceptors (Lipinski definition) is 13. The number of alkyl halides is 1. The quantitative estimate of drug-likeness (QED) is 0.0377. The predicted octanol–water partition coefficient (Wildman–Crippen LogP) is 6.65. The summed E-state index contributed by atoms with van der Waals surface area (Å²) in [6.45, 7) is 8.80. The van der Waals surface area contributed by atoms with Gasteiger partial charge >= 0.3 is 10.2 Å². The zero-order chi connectivity index (χ0) is 54.5. The molecule has 0 unspecified atom stereocenters. The summed E-state index contributed by atoms with van der Waals surface area (Å²) in [6.07, 6.45) is 0.549. The first-order chi connectivity index (χ1) is 36.2. The third kappa shape index (κ3) is 12.9. The van der Waals surface area contributed by atoms with Gasteiger partial charge in [0.25, 0.3) is 0 Å². The highest BCUT2D eigenvalue weighted by molar-refractivity contribution is 7.90. The number of hydrogen-bond donors (Lipinski definition) is 5. The Hall–Kier alpha value is -6.76. The number of likely N-dealkylation sites (tertiary alicyclic amines) is 1. The molecule has 2 saturated heterocycles. The van der Waals surface area contributed by atoms with E-state index in [1.54, 1.807) is 74.1 Å². The van der Waals surface area contributed by atoms with E-state index in [1.165, 1.54) is 11.1 Å². The second-order valence-electron chi connectivity index (χ2n) is 19.7. The number of fused-ring (bicyclic) bond motifs is 1. The normalized spacial score (nSPS) is 17.9. The number of ether oxygens (including phenoxy) is 3. The van der Waals surface area contributed by atoms with Gasteiger partial charge < -0.3 is 39.8 Å². The number of aromatic amines is 1. The molecule has 5 N–H and O–H groups in total. The molecule has 0 radical (unpaired) electrons. The van der Waals surface area contributed by atoms with Crippen molar-refractivity contribution in [2.75, 3.05) is 57.4 Å². The minimum Gasteiger partial charge on any atom is -0.491 e. The molecule has 0 saturated carbocycles. The minimum absolute atomic E-state index is 0.0201. The van der Waals surface area contributed by atoms with Crippen LogP contribution in [0.4, 0.5) is 18.9 Å². The van der Waals surface area contributed by atoms with Crippen LogP contribution in [0.1, 0.15) is 73.8 Å². The van der Waals surface area contributed by atoms with E-state index in [0.717, 1.165) is 38.1 Å². The van der Waals surface area contributed by atoms with Gasteiger partial charge in [-0.15, -0.1) is 11.3 Å². The lowest BCUT2D eigenvalue weighted by molar-refractivity contribution is -0.144. The Bertz CT molecular complexity index is 3190. The van der Waals surface area contributed by atoms with Crippen LogP contribution in [0, 0.1) is 24.0 Å². The number of thiazole rings is 1. The lowest BCUT2D eigenvalue weighted by atomic mass is 9.85. The molecule has 5 heterocycles. The second kappa shape index (κ2) is 23.6. The molecule has 3 aromatic heterocycles. The Balaban J connectivity index is 0.772. The van der Waals surface area contributed by atoms with E-state index in [0.29, 0.717) is 16.9 Å². The van der Waals surface area contributed by atoms with Gasteiger partial charge in [-0.2, -0.15) is 12.7 Å². The predicted molar refractivity (Wildman–Crippen MR) is 278 cm³/mol. The highest BCUT2D eigenvalue weighted by Gasteiger charge is 2.45. The van der Waals surface area contributed by atoms with Crippen molar-refractivity contribution < 1.29 is 60.1 Å². The van der Waals surface area contributed by atoms with E-state index in [9.17, 15) is 37.1 Å². The maximum absolute atomic E-state index is 15.7. The van der Waals surface area contributed by atoms with E-state index in [4.69, 9.17) is 14.2 Å². The number of rotatable bonds is 21. The van der Waals surface area contributed by atoms with Gasteiger partial charge in [-0.25, -0.2) is 23.1 Å². The van der Waals surface area contributed by atoms with E-state index in [2.05, 4.69) is 25.6 Å². The molecule has 76 heavy (non-hydrogen) atoms. The molecule has 18 nitrogen and oxygen atoms in total. The topological polar surface area (TPSA) is 234 Å². The van der Waals surface area contributed by atoms with Crippen molar-refractivity contribution in [3.63, 3.8) is 0 Å². The standard InChI is InChI=1S/C53H59F3N8O10S2/c1-30(32-6-8-34(9-7-32)48-31(2)59-29-75-48)60-51(68)43-23-37(65)27-64(43)52(69)49(53(3,4)5)61-44(66)28-73-19-18-72-20-21-74-38-12-10-33(11-13-38)35-22-39-40(25-58-50(39)57-24-35)47(67)45-41(55)14-15-42(46(45)56)62-76(70,71)63-17-16-36(54)26-63/h6-15,22,24-25,29-30,36-37,43,49,62,65H,16-21,23,26-28H2,1-5H3,(H,57,58)(H,60,68)(H,61,66)/t30-,36+,37+,43-,49+/m0/s1. The van der Waals surface area contributed by atoms with Gasteiger partial charge in [-0.05, 0) is 72.7 Å². The summed E-state index contributed by atoms with van der Waals surface area (Å²) in [5, 5.41) is 16.7. The van der Waals surface area contributed by atoms with Crippen LogP contribution < -0.4 is 20.1 Å². The molecule has 404 valence electrons. The molecule has 8 rings (SSSR count). The number of ketones is 1. The summed E-state index contributed by atoms with van der Waals surface area (Å²) >= 11 is 1.55. The SMILES string of the molecule is Cc1ncsc1-c1ccc([C@H](C)NC(=O)[C@@H]2C[C@@H](O)CN2C(=O)[C@@H](NC(=O)COCCOCCOc2ccc(-c3cnc4[nH]cc(C(=O)c5c(F)ccc(NS(=O)(=O)N6CC[C@@H](F)C6)c5F)c4c3)cc2)C(C)(C)C)cc1. The number of nitrogens with zero attached hydrogens (tertiary/aromatic N) is 4. The first-order valence-corrected chi connectivity index (χ1v) is 26.9. The highest BCUT2D eigenvalue weighted by Crippen LogP contribution is 2.33. The summed E-state index contributed by atoms with van der Waals surface area (Å²) in [6, 6.07) is 15.6. The van der Waals surface area contributed by atoms with Crippen LogP contribution in [-0.2, 0) is 34.1 Å². The Morgan fingerprint density at radius 2 is 1.63 bits per heavy atom. The van der Waals surface area contributed by atoms with Crippen LogP contribution in [-0.4, -0.2) is 138 Å². The molecule has 6 aromatic rings. The number of halogens is 3. The molecule has 2 fully saturated rings. The summed E-state index contributed by atoms with van der Waals surface area (Å²) in [5.41, 5.74) is 3.62. The number of amides is 3. The maximum Gasteiger partial charge on any atom is 0.301 e. The van der Waals surface area contributed by atoms with Gasteiger partial charge in [0.2, 0.25) is 23.5 Å². The van der Waals surface area contributed by atoms with Crippen molar-refractivity contribution >= 4 is 61.8 Å². The van der Waals surface area contributed by atoms with Crippen LogP contribution >= 0.6 is 11.3 Å². The number of aliphatic hydroxyl groups excluding tert-OH is 1. The van der Waals surface area contributed by atoms with Gasteiger partial charge in [0.1, 0.15) is 48.7 Å². The fourth-order valence-corrected chi connectivity index (χ4v) is 11.1. The van der Waals surface area contributed by atoms with Crippen LogP contribution in [0.3, 0.4) is 0 Å². The number of anilines is 1. The number of H-pyrrole nitrogens is 1. The van der Waals surface area contributed by atoms with Gasteiger partial charge in [0, 0.05) is 55.0 Å². The van der Waals surface area contributed by atoms with E-state index in [1.807, 2.05) is 42.8 Å². The highest BCUT2D eigenvalue weighted by atomic mass is 32.2. The van der Waals surface area contributed by atoms with Gasteiger partial charge in [-0.1, -0.05) is 57.2 Å². The average molecular weight is 1090 g/mol. The molecule has 3 aromatic carbocycles. The van der Waals surface area contributed by atoms with Crippen molar-refractivity contribution in [2.45, 2.75) is 77.9 Å². The molecule has 0 spiro atoms. The molecule has 5 atom stereocenters. The number of pyridine rings is 1. The molecule has 3 amide bonds. The fraction of sp³-hybridized carbons (Fsp3) is 0.396. The first kappa shape index (κ1) is 55.5. The summed E-state index contributed by atoms with van der Waals surface area (Å²) in [4.78, 5) is 68.4. The van der Waals surface area contributed by atoms with E-state index >= 15 is 8.78 Å². The maximum atomic E-state index is 15.7. The van der Waals surface area contributed by atoms with Crippen LogP contribution in [0.2, 0.25) is 0 Å². The van der Waals surface area contributed by atoms with Crippen molar-refractivity contribution in [2.24, 2.45) is 5.41 Å². The molecular formula is C53H59F3N8O10S2. The van der Waals surface area contributed by atoms with Crippen molar-refractivity contribution in [3.8, 4) is 27.3 Å². The summed E-state index contributed by atoms with van der Waals surface area (Å²) < 4.78 is 89.9. The fourth-order valence-electron chi connectivity index (χ4n) is 9.00. The summed E-state index contributed by atoms with van der Waals surface area (Å²) in [7, 11) is -4.39. The van der Waals surface area contributed by atoms with Crippen molar-refractivity contribution in [1.82, 2.24) is 34.8 Å². The zero-order valence-corrected chi connectivity index (χ0v) is 44.0. The molecule has 23 heteroatoms. The minimum atomic E-state index is -4.39. The van der Waals surface area contributed by atoms with Crippen LogP contribution in [0.25, 0.3) is 32.6 Å². The number of benzene rings is 3. The Labute approximate surface area is 441 Å². The average Bonchev–Trinajstić information content (AvgIpc) is 4.21. The number of carbonyl (C=O) groups is 4. The Kier molecular flexibility index (Phi) is 17.3. The number of nitrogens with one attached hydrogen (secondary N) is 4. The number of aliphatic hydroxyl groups is 1. The van der Waals surface area contributed by atoms with Crippen molar-refractivity contribution in [3.05, 3.63) is 119 Å². The molecular weight excluding hydrogens is 1030 g/mol. The molecule has 0 bridgehead atoms. The third-order valence-corrected chi connectivity index (χ3v) is 15.6. The second-order valence-corrected chi connectivity index (χ2v) is 22.2. The zero-order valence-electron chi connectivity index (χ0n) is 42.4. The van der Waals surface area contributed by atoms with E-state index in [-0.39, 0.29) is 81.6 Å². The lowest BCUT2D eigenvalue weighted by Crippen LogP contribution is -2.58. The number of aromatic nitrogens is 3. The Morgan fingerprint density at radius 3 is 2.32 bits per heavy atom. The summed E-state index contributed by atoms with van der Waals surface area (Å²) in [5.74, 6) is -4.62. The molecule has 2 aliphatic heterocycles. The largest absolute Gasteiger partial charge is 0.491 e. The number of aryl methyl sites for hydroxylation is 1. The lowest BCUT2D eigenvalue weighted by Gasteiger charge is -2.35. The number of carbonyl (C=O) groups excluding carboxylic acids is 4. The van der Waals surface area contributed by atoms with Gasteiger partial charge in [-0.3, -0.25) is 23.9 Å². The smallest absolute Gasteiger partial charge is 0.301 e. The Morgan fingerprint density at radius 1 is 0.921 bits per heavy atom. The van der Waals surface area contributed by atoms with E-state index < -0.39 is 92.9 Å². The molecule has 2 aliphatic rings. The van der Waals surface area contributed by atoms with Crippen LogP contribution in [0.15, 0.2) is 84.6 Å². The third-order valence-electron chi connectivity index (χ3n) is 13.1. The van der Waals surface area contributed by atoms with Gasteiger partial charge in [0.05, 0.1) is 59.3 Å². The van der Waals surface area contributed by atoms with Crippen LogP contribution in [0.5, 0.6) is 5.75 Å². The monoisotopic (exact) mass is 1090 g/mol.